The molecule has 1 saturated carbocycles. The first-order valence-electron chi connectivity index (χ1n) is 11.9. The Hall–Kier alpha value is -2.60. The van der Waals surface area contributed by atoms with E-state index < -0.39 is 12.2 Å². The molecule has 1 unspecified atom stereocenters. The number of rotatable bonds is 8. The highest BCUT2D eigenvalue weighted by molar-refractivity contribution is 14.2. The van der Waals surface area contributed by atoms with Crippen molar-refractivity contribution in [2.24, 2.45) is 5.92 Å². The van der Waals surface area contributed by atoms with Gasteiger partial charge in [-0.3, -0.25) is 13.9 Å². The third-order valence-corrected chi connectivity index (χ3v) is 8.16. The quantitative estimate of drug-likeness (QED) is 0.174. The van der Waals surface area contributed by atoms with E-state index >= 15 is 0 Å². The summed E-state index contributed by atoms with van der Waals surface area (Å²) in [4.78, 5) is 33.9. The van der Waals surface area contributed by atoms with Gasteiger partial charge < -0.3 is 20.3 Å². The highest BCUT2D eigenvalue weighted by atomic mass is 127. The van der Waals surface area contributed by atoms with Gasteiger partial charge in [0.15, 0.2) is 11.5 Å². The number of alkyl halides is 2. The molecule has 0 bridgehead atoms. The van der Waals surface area contributed by atoms with Crippen molar-refractivity contribution in [3.8, 4) is 5.75 Å². The summed E-state index contributed by atoms with van der Waals surface area (Å²) in [6, 6.07) is 6.51. The van der Waals surface area contributed by atoms with E-state index in [9.17, 15) is 18.4 Å². The average molecular weight is 644 g/mol. The van der Waals surface area contributed by atoms with E-state index in [-0.39, 0.29) is 29.3 Å². The van der Waals surface area contributed by atoms with Crippen molar-refractivity contribution in [1.82, 2.24) is 19.2 Å². The number of aromatic nitrogens is 3. The lowest BCUT2D eigenvalue weighted by atomic mass is 10.1. The predicted molar refractivity (Wildman–Crippen MR) is 150 cm³/mol. The maximum Gasteiger partial charge on any atom is 0.295 e. The van der Waals surface area contributed by atoms with Crippen LogP contribution in [0.5, 0.6) is 5.75 Å². The molecule has 5 rings (SSSR count). The molecule has 37 heavy (non-hydrogen) atoms. The number of benzene rings is 1. The van der Waals surface area contributed by atoms with Gasteiger partial charge in [0.05, 0.1) is 24.9 Å². The Balaban J connectivity index is 0.000000730. The lowest BCUT2D eigenvalue weighted by Crippen LogP contribution is -2.27. The second kappa shape index (κ2) is 12.3. The molecule has 1 aromatic carbocycles. The minimum absolute atomic E-state index is 0.0653. The topological polar surface area (TPSA) is 101 Å². The Labute approximate surface area is 228 Å². The van der Waals surface area contributed by atoms with E-state index in [4.69, 9.17) is 4.74 Å². The number of ether oxygens (including phenoxy) is 1. The standard InChI is InChI=1S/C20H20F2IN6O3P.C4H8/c1-32-14-8-11(20(31)28-6-2-3-7-28)4-5-12(14)25-13-9-15(24-10-30)26-18-16(13)27-19(17(21)22)29(18)33-23;1-4-2-3-4/h4-5,8-10,17,33H,2-3,6-7H2,1H3,(H2,24,25,26,30);4H,2-3H2,1H3. The van der Waals surface area contributed by atoms with Crippen LogP contribution in [0.25, 0.3) is 11.2 Å². The number of halogens is 3. The van der Waals surface area contributed by atoms with Crippen LogP contribution in [0.15, 0.2) is 24.3 Å². The van der Waals surface area contributed by atoms with Gasteiger partial charge in [0.2, 0.25) is 6.41 Å². The number of methoxy groups -OCH3 is 1. The van der Waals surface area contributed by atoms with Crippen molar-refractivity contribution in [3.63, 3.8) is 0 Å². The van der Waals surface area contributed by atoms with Crippen LogP contribution < -0.4 is 15.4 Å². The molecule has 13 heteroatoms. The number of pyridine rings is 1. The highest BCUT2D eigenvalue weighted by Gasteiger charge is 2.24. The summed E-state index contributed by atoms with van der Waals surface area (Å²) >= 11 is 1.97. The number of nitrogens with one attached hydrogen (secondary N) is 2. The molecule has 9 nitrogen and oxygen atoms in total. The molecular formula is C24H28F2IN6O3P. The Morgan fingerprint density at radius 2 is 1.92 bits per heavy atom. The van der Waals surface area contributed by atoms with Crippen LogP contribution in [0.4, 0.5) is 26.0 Å². The van der Waals surface area contributed by atoms with E-state index in [0.717, 1.165) is 31.8 Å². The van der Waals surface area contributed by atoms with Crippen molar-refractivity contribution in [2.45, 2.75) is 39.0 Å². The zero-order valence-electron chi connectivity index (χ0n) is 20.4. The molecule has 2 aromatic heterocycles. The Bertz CT molecular complexity index is 1280. The van der Waals surface area contributed by atoms with Gasteiger partial charge >= 0.3 is 0 Å². The van der Waals surface area contributed by atoms with Crippen molar-refractivity contribution in [3.05, 3.63) is 35.7 Å². The van der Waals surface area contributed by atoms with E-state index in [2.05, 4.69) is 27.5 Å². The highest BCUT2D eigenvalue weighted by Crippen LogP contribution is 2.39. The fourth-order valence-electron chi connectivity index (χ4n) is 3.87. The minimum Gasteiger partial charge on any atom is -0.495 e. The van der Waals surface area contributed by atoms with Gasteiger partial charge in [0, 0.05) is 24.7 Å². The summed E-state index contributed by atoms with van der Waals surface area (Å²) in [7, 11) is 1.48. The number of hydrogen-bond acceptors (Lipinski definition) is 6. The van der Waals surface area contributed by atoms with Crippen LogP contribution in [-0.4, -0.2) is 51.7 Å². The summed E-state index contributed by atoms with van der Waals surface area (Å²) in [6.45, 7) is 3.74. The third kappa shape index (κ3) is 6.46. The lowest BCUT2D eigenvalue weighted by Gasteiger charge is -2.17. The molecule has 3 heterocycles. The van der Waals surface area contributed by atoms with Gasteiger partial charge in [-0.25, -0.2) is 18.7 Å². The molecule has 198 valence electrons. The fourth-order valence-corrected chi connectivity index (χ4v) is 5.76. The molecule has 1 saturated heterocycles. The molecule has 1 aliphatic carbocycles. The molecule has 3 aromatic rings. The lowest BCUT2D eigenvalue weighted by molar-refractivity contribution is -0.105. The average Bonchev–Trinajstić information content (AvgIpc) is 3.34. The number of fused-ring (bicyclic) bond motifs is 1. The molecule has 2 amide bonds. The van der Waals surface area contributed by atoms with E-state index in [0.29, 0.717) is 29.1 Å². The molecule has 2 aliphatic rings. The van der Waals surface area contributed by atoms with Gasteiger partial charge in [0.1, 0.15) is 17.1 Å². The van der Waals surface area contributed by atoms with Crippen LogP contribution >= 0.6 is 28.4 Å². The number of hydrogen-bond donors (Lipinski definition) is 2. The van der Waals surface area contributed by atoms with Gasteiger partial charge in [0.25, 0.3) is 12.3 Å². The number of carbonyl (C=O) groups is 2. The third-order valence-electron chi connectivity index (χ3n) is 6.11. The van der Waals surface area contributed by atoms with Gasteiger partial charge in [-0.1, -0.05) is 19.8 Å². The van der Waals surface area contributed by atoms with Crippen LogP contribution in [-0.2, 0) is 4.79 Å². The monoisotopic (exact) mass is 644 g/mol. The molecular weight excluding hydrogens is 616 g/mol. The first-order chi connectivity index (χ1) is 17.9. The summed E-state index contributed by atoms with van der Waals surface area (Å²) in [6.07, 6.45) is 2.55. The minimum atomic E-state index is -2.79. The second-order valence-electron chi connectivity index (χ2n) is 8.90. The number of anilines is 3. The fraction of sp³-hybridized carbons (Fsp3) is 0.417. The van der Waals surface area contributed by atoms with Crippen molar-refractivity contribution >= 4 is 69.1 Å². The first kappa shape index (κ1) is 27.4. The van der Waals surface area contributed by atoms with Crippen LogP contribution in [0.1, 0.15) is 55.2 Å². The number of likely N-dealkylation sites (tertiary alicyclic amines) is 1. The van der Waals surface area contributed by atoms with Crippen molar-refractivity contribution < 1.29 is 23.1 Å². The second-order valence-corrected chi connectivity index (χ2v) is 11.0. The number of amides is 2. The van der Waals surface area contributed by atoms with Crippen molar-refractivity contribution in [1.29, 1.82) is 0 Å². The van der Waals surface area contributed by atoms with Gasteiger partial charge in [-0.2, -0.15) is 0 Å². The van der Waals surface area contributed by atoms with Gasteiger partial charge in [-0.05, 0) is 59.0 Å². The van der Waals surface area contributed by atoms with Gasteiger partial charge in [-0.15, -0.1) is 0 Å². The van der Waals surface area contributed by atoms with E-state index in [1.54, 1.807) is 23.1 Å². The molecule has 2 fully saturated rings. The van der Waals surface area contributed by atoms with Crippen LogP contribution in [0.2, 0.25) is 0 Å². The smallest absolute Gasteiger partial charge is 0.295 e. The van der Waals surface area contributed by atoms with Crippen LogP contribution in [0.3, 0.4) is 0 Å². The largest absolute Gasteiger partial charge is 0.495 e. The van der Waals surface area contributed by atoms with E-state index in [1.165, 1.54) is 30.4 Å². The summed E-state index contributed by atoms with van der Waals surface area (Å²) in [5, 5.41) is 5.60. The number of nitrogens with zero attached hydrogens (tertiary/aromatic N) is 4. The maximum absolute atomic E-state index is 13.6. The Morgan fingerprint density at radius 3 is 2.49 bits per heavy atom. The van der Waals surface area contributed by atoms with Crippen LogP contribution in [0, 0.1) is 5.92 Å². The zero-order chi connectivity index (χ0) is 26.5. The molecule has 2 N–H and O–H groups in total. The summed E-state index contributed by atoms with van der Waals surface area (Å²) < 4.78 is 33.9. The Morgan fingerprint density at radius 1 is 1.22 bits per heavy atom. The Kier molecular flexibility index (Phi) is 9.12. The molecule has 0 radical (unpaired) electrons. The predicted octanol–water partition coefficient (Wildman–Crippen LogP) is 6.13. The van der Waals surface area contributed by atoms with Crippen molar-refractivity contribution in [2.75, 3.05) is 30.8 Å². The zero-order valence-corrected chi connectivity index (χ0v) is 23.6. The SMILES string of the molecule is CC1CC1.COc1cc(C(=O)N2CCCC2)ccc1Nc1cc(NC=O)nc2c1nc(C(F)F)n2PI. The number of imidazole rings is 1. The summed E-state index contributed by atoms with van der Waals surface area (Å²) in [5.74, 6) is 1.19. The maximum atomic E-state index is 13.6. The summed E-state index contributed by atoms with van der Waals surface area (Å²) in [5.41, 5.74) is 1.80. The first-order valence-corrected chi connectivity index (χ1v) is 15.9. The molecule has 1 aliphatic heterocycles. The molecule has 0 spiro atoms. The normalized spacial score (nSPS) is 15.2. The number of carbonyl (C=O) groups excluding carboxylic acids is 2. The molecule has 1 atom stereocenters. The van der Waals surface area contributed by atoms with E-state index in [1.807, 2.05) is 22.0 Å².